The molecule has 0 aliphatic carbocycles. The summed E-state index contributed by atoms with van der Waals surface area (Å²) < 4.78 is 11.0. The summed E-state index contributed by atoms with van der Waals surface area (Å²) in [6.07, 6.45) is 1.38. The minimum Gasteiger partial charge on any atom is -0.495 e. The highest BCUT2D eigenvalue weighted by Crippen LogP contribution is 2.35. The van der Waals surface area contributed by atoms with E-state index in [2.05, 4.69) is 10.6 Å². The molecule has 1 unspecified atom stereocenters. The minimum absolute atomic E-state index is 0.0904. The maximum absolute atomic E-state index is 13.5. The Balaban J connectivity index is 1.63. The average Bonchev–Trinajstić information content (AvgIpc) is 3.28. The largest absolute Gasteiger partial charge is 0.495 e. The van der Waals surface area contributed by atoms with Crippen LogP contribution in [0.15, 0.2) is 66.7 Å². The molecule has 1 saturated heterocycles. The van der Waals surface area contributed by atoms with Crippen LogP contribution in [0, 0.1) is 6.92 Å². The highest BCUT2D eigenvalue weighted by Gasteiger charge is 2.26. The van der Waals surface area contributed by atoms with Gasteiger partial charge in [0, 0.05) is 24.7 Å². The van der Waals surface area contributed by atoms with Crippen molar-refractivity contribution in [2.75, 3.05) is 36.3 Å². The van der Waals surface area contributed by atoms with Crippen molar-refractivity contribution in [3.63, 3.8) is 0 Å². The zero-order valence-corrected chi connectivity index (χ0v) is 19.6. The van der Waals surface area contributed by atoms with Crippen LogP contribution in [0.2, 0.25) is 0 Å². The molecule has 4 rings (SSSR count). The van der Waals surface area contributed by atoms with E-state index in [0.29, 0.717) is 35.8 Å². The smallest absolute Gasteiger partial charge is 0.251 e. The summed E-state index contributed by atoms with van der Waals surface area (Å²) in [5.41, 5.74) is 3.87. The summed E-state index contributed by atoms with van der Waals surface area (Å²) in [6, 6.07) is 20.0. The molecule has 1 aliphatic rings. The van der Waals surface area contributed by atoms with E-state index in [1.165, 1.54) is 0 Å². The van der Waals surface area contributed by atoms with Crippen LogP contribution < -0.4 is 25.0 Å². The first-order chi connectivity index (χ1) is 16.5. The van der Waals surface area contributed by atoms with Gasteiger partial charge >= 0.3 is 0 Å². The fourth-order valence-electron chi connectivity index (χ4n) is 4.13. The molecule has 7 heteroatoms. The molecular weight excluding hydrogens is 430 g/mol. The maximum Gasteiger partial charge on any atom is 0.251 e. The van der Waals surface area contributed by atoms with Gasteiger partial charge < -0.3 is 25.0 Å². The molecule has 1 fully saturated rings. The summed E-state index contributed by atoms with van der Waals surface area (Å²) in [4.78, 5) is 27.4. The van der Waals surface area contributed by atoms with E-state index in [9.17, 15) is 9.59 Å². The lowest BCUT2D eigenvalue weighted by atomic mass is 10.0. The van der Waals surface area contributed by atoms with Crippen molar-refractivity contribution in [1.82, 2.24) is 0 Å². The zero-order chi connectivity index (χ0) is 24.1. The van der Waals surface area contributed by atoms with Gasteiger partial charge in [-0.3, -0.25) is 9.59 Å². The van der Waals surface area contributed by atoms with E-state index >= 15 is 0 Å². The summed E-state index contributed by atoms with van der Waals surface area (Å²) >= 11 is 0. The van der Waals surface area contributed by atoms with Gasteiger partial charge in [-0.2, -0.15) is 0 Å². The molecule has 3 aromatic rings. The van der Waals surface area contributed by atoms with Gasteiger partial charge in [-0.1, -0.05) is 36.4 Å². The van der Waals surface area contributed by atoms with Gasteiger partial charge in [0.15, 0.2) is 0 Å². The second kappa shape index (κ2) is 10.3. The van der Waals surface area contributed by atoms with Crippen LogP contribution in [-0.2, 0) is 9.59 Å². The molecule has 1 aliphatic heterocycles. The average molecular weight is 460 g/mol. The number of nitrogens with zero attached hydrogens (tertiary/aromatic N) is 1. The van der Waals surface area contributed by atoms with Crippen molar-refractivity contribution in [3.05, 3.63) is 77.9 Å². The first-order valence-corrected chi connectivity index (χ1v) is 11.3. The number of hydrogen-bond acceptors (Lipinski definition) is 5. The standard InChI is InChI=1S/C27H29N3O4/c1-18-11-14-23(33-2)21(16-18)29-27(32)26(19-8-5-4-6-9-19)28-20-12-13-22(24(17-20)34-3)30-15-7-10-25(30)31/h4-6,8-9,11-14,16-17,26,28H,7,10,15H2,1-3H3,(H,29,32). The van der Waals surface area contributed by atoms with Gasteiger partial charge in [0.1, 0.15) is 17.5 Å². The number of anilines is 3. The van der Waals surface area contributed by atoms with Crippen LogP contribution in [0.1, 0.15) is 30.0 Å². The number of hydrogen-bond donors (Lipinski definition) is 2. The van der Waals surface area contributed by atoms with Crippen molar-refractivity contribution < 1.29 is 19.1 Å². The molecule has 0 saturated carbocycles. The number of carbonyl (C=O) groups excluding carboxylic acids is 2. The van der Waals surface area contributed by atoms with Crippen LogP contribution in [0.4, 0.5) is 17.1 Å². The van der Waals surface area contributed by atoms with Crippen molar-refractivity contribution >= 4 is 28.9 Å². The molecule has 176 valence electrons. The van der Waals surface area contributed by atoms with Crippen LogP contribution in [0.25, 0.3) is 0 Å². The molecule has 2 amide bonds. The Morgan fingerprint density at radius 2 is 1.74 bits per heavy atom. The van der Waals surface area contributed by atoms with E-state index in [0.717, 1.165) is 23.2 Å². The van der Waals surface area contributed by atoms with Gasteiger partial charge in [-0.05, 0) is 48.7 Å². The van der Waals surface area contributed by atoms with Crippen molar-refractivity contribution in [1.29, 1.82) is 0 Å². The Kier molecular flexibility index (Phi) is 7.01. The molecule has 0 aromatic heterocycles. The fraction of sp³-hybridized carbons (Fsp3) is 0.259. The van der Waals surface area contributed by atoms with E-state index < -0.39 is 6.04 Å². The number of ether oxygens (including phenoxy) is 2. The molecule has 0 spiro atoms. The third-order valence-electron chi connectivity index (χ3n) is 5.86. The predicted octanol–water partition coefficient (Wildman–Crippen LogP) is 4.93. The van der Waals surface area contributed by atoms with E-state index in [-0.39, 0.29) is 11.8 Å². The molecule has 1 atom stereocenters. The van der Waals surface area contributed by atoms with Gasteiger partial charge in [0.25, 0.3) is 5.91 Å². The first-order valence-electron chi connectivity index (χ1n) is 11.3. The van der Waals surface area contributed by atoms with Crippen LogP contribution >= 0.6 is 0 Å². The summed E-state index contributed by atoms with van der Waals surface area (Å²) in [5, 5.41) is 6.34. The second-order valence-corrected chi connectivity index (χ2v) is 8.22. The Labute approximate surface area is 199 Å². The molecule has 1 heterocycles. The minimum atomic E-state index is -0.671. The van der Waals surface area contributed by atoms with E-state index in [1.54, 1.807) is 19.1 Å². The van der Waals surface area contributed by atoms with Crippen LogP contribution in [-0.4, -0.2) is 32.6 Å². The van der Waals surface area contributed by atoms with Crippen LogP contribution in [0.5, 0.6) is 11.5 Å². The number of carbonyl (C=O) groups is 2. The quantitative estimate of drug-likeness (QED) is 0.499. The predicted molar refractivity (Wildman–Crippen MR) is 134 cm³/mol. The van der Waals surface area contributed by atoms with Gasteiger partial charge in [-0.15, -0.1) is 0 Å². The molecule has 2 N–H and O–H groups in total. The monoisotopic (exact) mass is 459 g/mol. The fourth-order valence-corrected chi connectivity index (χ4v) is 4.13. The van der Waals surface area contributed by atoms with Crippen molar-refractivity contribution in [2.24, 2.45) is 0 Å². The highest BCUT2D eigenvalue weighted by molar-refractivity contribution is 5.99. The Morgan fingerprint density at radius 1 is 0.971 bits per heavy atom. The number of methoxy groups -OCH3 is 2. The third kappa shape index (κ3) is 4.98. The van der Waals surface area contributed by atoms with Crippen molar-refractivity contribution in [2.45, 2.75) is 25.8 Å². The lowest BCUT2D eigenvalue weighted by Gasteiger charge is -2.23. The lowest BCUT2D eigenvalue weighted by Crippen LogP contribution is -2.28. The SMILES string of the molecule is COc1ccc(C)cc1NC(=O)C(Nc1ccc(N2CCCC2=O)c(OC)c1)c1ccccc1. The van der Waals surface area contributed by atoms with Gasteiger partial charge in [0.05, 0.1) is 25.6 Å². The number of amides is 2. The number of nitrogens with one attached hydrogen (secondary N) is 2. The van der Waals surface area contributed by atoms with Gasteiger partial charge in [-0.25, -0.2) is 0 Å². The summed E-state index contributed by atoms with van der Waals surface area (Å²) in [6.45, 7) is 2.64. The van der Waals surface area contributed by atoms with E-state index in [1.807, 2.05) is 73.7 Å². The summed E-state index contributed by atoms with van der Waals surface area (Å²) in [7, 11) is 3.15. The first kappa shape index (κ1) is 23.2. The molecular formula is C27H29N3O4. The molecule has 0 bridgehead atoms. The zero-order valence-electron chi connectivity index (χ0n) is 19.6. The van der Waals surface area contributed by atoms with Crippen molar-refractivity contribution in [3.8, 4) is 11.5 Å². The number of aryl methyl sites for hydroxylation is 1. The number of benzene rings is 3. The molecule has 3 aromatic carbocycles. The Morgan fingerprint density at radius 3 is 2.41 bits per heavy atom. The highest BCUT2D eigenvalue weighted by atomic mass is 16.5. The molecule has 0 radical (unpaired) electrons. The second-order valence-electron chi connectivity index (χ2n) is 8.22. The Bertz CT molecular complexity index is 1180. The Hall–Kier alpha value is -4.00. The third-order valence-corrected chi connectivity index (χ3v) is 5.86. The molecule has 34 heavy (non-hydrogen) atoms. The van der Waals surface area contributed by atoms with E-state index in [4.69, 9.17) is 9.47 Å². The maximum atomic E-state index is 13.5. The van der Waals surface area contributed by atoms with Gasteiger partial charge in [0.2, 0.25) is 5.91 Å². The topological polar surface area (TPSA) is 79.9 Å². The number of rotatable bonds is 8. The molecule has 7 nitrogen and oxygen atoms in total. The lowest BCUT2D eigenvalue weighted by molar-refractivity contribution is -0.117. The van der Waals surface area contributed by atoms with Crippen LogP contribution in [0.3, 0.4) is 0 Å². The summed E-state index contributed by atoms with van der Waals surface area (Å²) in [5.74, 6) is 1.03. The normalized spacial score (nSPS) is 14.0.